The Hall–Kier alpha value is -0.720. The van der Waals surface area contributed by atoms with Crippen LogP contribution in [-0.2, 0) is 10.0 Å². The van der Waals surface area contributed by atoms with Crippen LogP contribution < -0.4 is 0 Å². The second-order valence-corrected chi connectivity index (χ2v) is 7.25. The summed E-state index contributed by atoms with van der Waals surface area (Å²) in [4.78, 5) is 3.65. The van der Waals surface area contributed by atoms with Gasteiger partial charge >= 0.3 is 0 Å². The average molecular weight is 307 g/mol. The van der Waals surface area contributed by atoms with Gasteiger partial charge in [0.05, 0.1) is 0 Å². The van der Waals surface area contributed by atoms with Crippen molar-refractivity contribution in [1.29, 1.82) is 0 Å². The van der Waals surface area contributed by atoms with Gasteiger partial charge in [-0.2, -0.15) is 4.31 Å². The quantitative estimate of drug-likeness (QED) is 0.805. The maximum absolute atomic E-state index is 13.6. The van der Waals surface area contributed by atoms with Crippen LogP contribution in [0.3, 0.4) is 0 Å². The fraction of sp³-hybridized carbons (Fsp3) is 0.583. The van der Waals surface area contributed by atoms with Crippen LogP contribution in [0.1, 0.15) is 19.8 Å². The Labute approximate surface area is 117 Å². The molecule has 1 atom stereocenters. The maximum atomic E-state index is 13.6. The first kappa shape index (κ1) is 14.7. The van der Waals surface area contributed by atoms with Crippen molar-refractivity contribution in [2.24, 2.45) is 5.92 Å². The van der Waals surface area contributed by atoms with Gasteiger partial charge in [-0.3, -0.25) is 0 Å². The van der Waals surface area contributed by atoms with E-state index in [1.165, 1.54) is 16.6 Å². The van der Waals surface area contributed by atoms with Crippen LogP contribution in [0.4, 0.5) is 4.39 Å². The van der Waals surface area contributed by atoms with E-state index in [9.17, 15) is 12.8 Å². The third-order valence-electron chi connectivity index (χ3n) is 3.46. The van der Waals surface area contributed by atoms with Crippen molar-refractivity contribution in [2.45, 2.75) is 30.2 Å². The van der Waals surface area contributed by atoms with E-state index in [1.54, 1.807) is 0 Å². The number of halogens is 2. The molecule has 0 N–H and O–H groups in total. The number of hydrogen-bond donors (Lipinski definition) is 0. The molecule has 7 heteroatoms. The molecule has 1 aromatic rings. The largest absolute Gasteiger partial charge is 0.263 e. The van der Waals surface area contributed by atoms with Gasteiger partial charge < -0.3 is 0 Å². The zero-order chi connectivity index (χ0) is 14.0. The van der Waals surface area contributed by atoms with E-state index in [1.807, 2.05) is 6.92 Å². The normalized spacial score (nSPS) is 20.4. The van der Waals surface area contributed by atoms with Gasteiger partial charge in [-0.15, -0.1) is 11.6 Å². The zero-order valence-corrected chi connectivity index (χ0v) is 12.2. The third kappa shape index (κ3) is 3.07. The Balaban J connectivity index is 2.17. The van der Waals surface area contributed by atoms with Crippen LogP contribution in [0.5, 0.6) is 0 Å². The minimum Gasteiger partial charge on any atom is -0.241 e. The Morgan fingerprint density at radius 3 is 2.63 bits per heavy atom. The van der Waals surface area contributed by atoms with E-state index >= 15 is 0 Å². The highest BCUT2D eigenvalue weighted by atomic mass is 35.5. The van der Waals surface area contributed by atoms with Crippen LogP contribution in [-0.4, -0.2) is 36.2 Å². The third-order valence-corrected chi connectivity index (χ3v) is 5.65. The first-order valence-electron chi connectivity index (χ1n) is 6.17. The van der Waals surface area contributed by atoms with Gasteiger partial charge in [0.2, 0.25) is 5.03 Å². The molecule has 0 radical (unpaired) electrons. The monoisotopic (exact) mass is 306 g/mol. The lowest BCUT2D eigenvalue weighted by atomic mass is 9.95. The van der Waals surface area contributed by atoms with Crippen molar-refractivity contribution in [1.82, 2.24) is 9.29 Å². The summed E-state index contributed by atoms with van der Waals surface area (Å²) in [5.74, 6) is -0.503. The summed E-state index contributed by atoms with van der Waals surface area (Å²) in [7, 11) is -3.84. The number of hydrogen-bond acceptors (Lipinski definition) is 3. The molecule has 0 amide bonds. The average Bonchev–Trinajstić information content (AvgIpc) is 2.39. The lowest BCUT2D eigenvalue weighted by molar-refractivity contribution is 0.270. The molecule has 0 saturated carbocycles. The molecule has 1 fully saturated rings. The highest BCUT2D eigenvalue weighted by molar-refractivity contribution is 7.89. The van der Waals surface area contributed by atoms with E-state index in [0.717, 1.165) is 6.07 Å². The molecular weight excluding hydrogens is 291 g/mol. The van der Waals surface area contributed by atoms with Crippen molar-refractivity contribution >= 4 is 21.6 Å². The Morgan fingerprint density at radius 1 is 1.47 bits per heavy atom. The standard InChI is InChI=1S/C12H16ClFN2O2S/c1-9(13)10-4-7-16(8-5-10)19(17,18)12-11(14)3-2-6-15-12/h2-3,6,9-10H,4-5,7-8H2,1H3. The molecule has 19 heavy (non-hydrogen) atoms. The second kappa shape index (κ2) is 5.73. The van der Waals surface area contributed by atoms with E-state index in [0.29, 0.717) is 31.8 Å². The minimum absolute atomic E-state index is 0.0245. The summed E-state index contributed by atoms with van der Waals surface area (Å²) in [6.45, 7) is 2.63. The van der Waals surface area contributed by atoms with Crippen LogP contribution in [0, 0.1) is 11.7 Å². The summed E-state index contributed by atoms with van der Waals surface area (Å²) in [5.41, 5.74) is 0. The number of aromatic nitrogens is 1. The molecule has 2 heterocycles. The van der Waals surface area contributed by atoms with Gasteiger partial charge in [-0.25, -0.2) is 17.8 Å². The molecule has 1 unspecified atom stereocenters. The molecule has 1 aliphatic rings. The second-order valence-electron chi connectivity index (χ2n) is 4.71. The molecule has 1 aromatic heterocycles. The summed E-state index contributed by atoms with van der Waals surface area (Å²) in [6.07, 6.45) is 2.67. The van der Waals surface area contributed by atoms with Gasteiger partial charge in [-0.05, 0) is 37.8 Å². The van der Waals surface area contributed by atoms with E-state index in [4.69, 9.17) is 11.6 Å². The molecule has 1 saturated heterocycles. The predicted octanol–water partition coefficient (Wildman–Crippen LogP) is 2.25. The Morgan fingerprint density at radius 2 is 2.11 bits per heavy atom. The highest BCUT2D eigenvalue weighted by Gasteiger charge is 2.33. The number of rotatable bonds is 3. The SMILES string of the molecule is CC(Cl)C1CCN(S(=O)(=O)c2ncccc2F)CC1. The maximum Gasteiger partial charge on any atom is 0.263 e. The minimum atomic E-state index is -3.84. The molecule has 2 rings (SSSR count). The number of piperidine rings is 1. The molecular formula is C12H16ClFN2O2S. The van der Waals surface area contributed by atoms with Crippen molar-refractivity contribution in [2.75, 3.05) is 13.1 Å². The molecule has 0 aromatic carbocycles. The highest BCUT2D eigenvalue weighted by Crippen LogP contribution is 2.27. The molecule has 0 aliphatic carbocycles. The van der Waals surface area contributed by atoms with Crippen LogP contribution >= 0.6 is 11.6 Å². The number of sulfonamides is 1. The lowest BCUT2D eigenvalue weighted by Gasteiger charge is -2.32. The van der Waals surface area contributed by atoms with Gasteiger partial charge in [0, 0.05) is 24.7 Å². The summed E-state index contributed by atoms with van der Waals surface area (Å²) < 4.78 is 39.4. The zero-order valence-electron chi connectivity index (χ0n) is 10.6. The topological polar surface area (TPSA) is 50.3 Å². The smallest absolute Gasteiger partial charge is 0.241 e. The van der Waals surface area contributed by atoms with Crippen LogP contribution in [0.15, 0.2) is 23.4 Å². The summed E-state index contributed by atoms with van der Waals surface area (Å²) in [5, 5.41) is -0.469. The van der Waals surface area contributed by atoms with Gasteiger partial charge in [0.25, 0.3) is 10.0 Å². The van der Waals surface area contributed by atoms with Crippen molar-refractivity contribution in [3.8, 4) is 0 Å². The summed E-state index contributed by atoms with van der Waals surface area (Å²) in [6, 6.07) is 2.48. The van der Waals surface area contributed by atoms with Gasteiger partial charge in [-0.1, -0.05) is 0 Å². The number of alkyl halides is 1. The van der Waals surface area contributed by atoms with Crippen molar-refractivity contribution < 1.29 is 12.8 Å². The Bertz CT molecular complexity index is 542. The first-order valence-corrected chi connectivity index (χ1v) is 8.05. The van der Waals surface area contributed by atoms with Gasteiger partial charge in [0.15, 0.2) is 5.82 Å². The van der Waals surface area contributed by atoms with Crippen molar-refractivity contribution in [3.05, 3.63) is 24.1 Å². The predicted molar refractivity (Wildman–Crippen MR) is 71.0 cm³/mol. The molecule has 0 spiro atoms. The number of pyridine rings is 1. The fourth-order valence-electron chi connectivity index (χ4n) is 2.26. The van der Waals surface area contributed by atoms with E-state index in [2.05, 4.69) is 4.98 Å². The Kier molecular flexibility index (Phi) is 4.43. The molecule has 0 bridgehead atoms. The van der Waals surface area contributed by atoms with E-state index < -0.39 is 20.9 Å². The van der Waals surface area contributed by atoms with E-state index in [-0.39, 0.29) is 5.38 Å². The lowest BCUT2D eigenvalue weighted by Crippen LogP contribution is -2.40. The van der Waals surface area contributed by atoms with Crippen molar-refractivity contribution in [3.63, 3.8) is 0 Å². The van der Waals surface area contributed by atoms with Crippen LogP contribution in [0.25, 0.3) is 0 Å². The molecule has 1 aliphatic heterocycles. The molecule has 106 valence electrons. The van der Waals surface area contributed by atoms with Crippen LogP contribution in [0.2, 0.25) is 0 Å². The first-order chi connectivity index (χ1) is 8.93. The van der Waals surface area contributed by atoms with Gasteiger partial charge in [0.1, 0.15) is 0 Å². The number of nitrogens with zero attached hydrogens (tertiary/aromatic N) is 2. The summed E-state index contributed by atoms with van der Waals surface area (Å²) >= 11 is 6.02. The molecule has 4 nitrogen and oxygen atoms in total. The fourth-order valence-corrected chi connectivity index (χ4v) is 3.96.